The first kappa shape index (κ1) is 19.4. The van der Waals surface area contributed by atoms with Gasteiger partial charge in [0.2, 0.25) is 0 Å². The van der Waals surface area contributed by atoms with Crippen molar-refractivity contribution in [2.24, 2.45) is 13.0 Å². The summed E-state index contributed by atoms with van der Waals surface area (Å²) >= 11 is 0. The first-order chi connectivity index (χ1) is 14.3. The molecule has 5 rings (SSSR count). The van der Waals surface area contributed by atoms with Crippen LogP contribution in [0.15, 0.2) is 35.4 Å². The molecule has 0 saturated carbocycles. The second-order valence-electron chi connectivity index (χ2n) is 8.68. The van der Waals surface area contributed by atoms with E-state index in [2.05, 4.69) is 15.2 Å². The van der Waals surface area contributed by atoms with Gasteiger partial charge in [0.15, 0.2) is 9.84 Å². The van der Waals surface area contributed by atoms with Crippen molar-refractivity contribution in [1.29, 1.82) is 0 Å². The molecule has 2 aromatic heterocycles. The summed E-state index contributed by atoms with van der Waals surface area (Å²) in [5, 5.41) is 4.39. The molecule has 1 aromatic carbocycles. The van der Waals surface area contributed by atoms with Gasteiger partial charge >= 0.3 is 0 Å². The molecule has 0 bridgehead atoms. The van der Waals surface area contributed by atoms with Gasteiger partial charge in [0, 0.05) is 61.0 Å². The normalized spacial score (nSPS) is 18.6. The van der Waals surface area contributed by atoms with E-state index in [1.807, 2.05) is 30.6 Å². The molecule has 0 aliphatic carbocycles. The van der Waals surface area contributed by atoms with Crippen molar-refractivity contribution in [3.05, 3.63) is 52.1 Å². The van der Waals surface area contributed by atoms with E-state index in [-0.39, 0.29) is 11.3 Å². The number of sulfone groups is 1. The second-order valence-corrected chi connectivity index (χ2v) is 10.8. The average molecular weight is 427 g/mol. The van der Waals surface area contributed by atoms with Crippen molar-refractivity contribution in [3.8, 4) is 11.1 Å². The number of aromatic nitrogens is 2. The molecule has 2 aliphatic heterocycles. The number of rotatable bonds is 4. The number of nitrogens with zero attached hydrogens (tertiary/aromatic N) is 2. The van der Waals surface area contributed by atoms with Crippen LogP contribution in [0.5, 0.6) is 0 Å². The molecule has 158 valence electrons. The highest BCUT2D eigenvalue weighted by Crippen LogP contribution is 2.41. The van der Waals surface area contributed by atoms with Crippen LogP contribution in [0.1, 0.15) is 17.5 Å². The van der Waals surface area contributed by atoms with Gasteiger partial charge in [-0.1, -0.05) is 6.07 Å². The molecule has 1 unspecified atom stereocenters. The third-order valence-corrected chi connectivity index (χ3v) is 7.07. The Balaban J connectivity index is 1.73. The maximum absolute atomic E-state index is 12.7. The lowest BCUT2D eigenvalue weighted by Gasteiger charge is -2.28. The Kier molecular flexibility index (Phi) is 4.52. The van der Waals surface area contributed by atoms with E-state index in [1.165, 1.54) is 6.26 Å². The van der Waals surface area contributed by atoms with Gasteiger partial charge in [0.05, 0.1) is 5.75 Å². The molecule has 8 heteroatoms. The van der Waals surface area contributed by atoms with E-state index in [0.29, 0.717) is 11.4 Å². The summed E-state index contributed by atoms with van der Waals surface area (Å²) in [5.74, 6) is 0.567. The van der Waals surface area contributed by atoms with E-state index in [1.54, 1.807) is 11.6 Å². The topological polar surface area (TPSA) is 87.2 Å². The maximum Gasteiger partial charge on any atom is 0.274 e. The number of hydrogen-bond acceptors (Lipinski definition) is 5. The zero-order valence-corrected chi connectivity index (χ0v) is 18.1. The number of aryl methyl sites for hydroxylation is 1. The van der Waals surface area contributed by atoms with Crippen LogP contribution in [0.3, 0.4) is 0 Å². The van der Waals surface area contributed by atoms with E-state index >= 15 is 0 Å². The average Bonchev–Trinajstić information content (AvgIpc) is 3.31. The Morgan fingerprint density at radius 3 is 2.80 bits per heavy atom. The van der Waals surface area contributed by atoms with Crippen molar-refractivity contribution in [2.75, 3.05) is 30.8 Å². The van der Waals surface area contributed by atoms with Crippen LogP contribution >= 0.6 is 0 Å². The van der Waals surface area contributed by atoms with E-state index in [9.17, 15) is 13.2 Å². The number of pyridine rings is 1. The van der Waals surface area contributed by atoms with Gasteiger partial charge in [-0.05, 0) is 48.7 Å². The number of fused-ring (bicyclic) bond motifs is 2. The van der Waals surface area contributed by atoms with Crippen molar-refractivity contribution in [2.45, 2.75) is 18.7 Å². The SMILES string of the molecule is Cn1cc2c3c(c[nH]c3c1=O)CN(CC1CCNC1)c1ccc(CS(C)(=O)=O)cc1-2. The van der Waals surface area contributed by atoms with Crippen molar-refractivity contribution >= 4 is 26.4 Å². The lowest BCUT2D eigenvalue weighted by Crippen LogP contribution is -2.30. The van der Waals surface area contributed by atoms with Gasteiger partial charge in [0.1, 0.15) is 5.52 Å². The predicted molar refractivity (Wildman–Crippen MR) is 120 cm³/mol. The van der Waals surface area contributed by atoms with E-state index in [0.717, 1.165) is 65.9 Å². The molecular formula is C22H26N4O3S. The summed E-state index contributed by atoms with van der Waals surface area (Å²) in [6.07, 6.45) is 6.23. The van der Waals surface area contributed by atoms with Crippen LogP contribution in [-0.2, 0) is 29.2 Å². The van der Waals surface area contributed by atoms with Gasteiger partial charge in [-0.15, -0.1) is 0 Å². The quantitative estimate of drug-likeness (QED) is 0.666. The molecule has 2 aliphatic rings. The van der Waals surface area contributed by atoms with Crippen molar-refractivity contribution in [1.82, 2.24) is 14.9 Å². The number of anilines is 1. The third kappa shape index (κ3) is 3.33. The lowest BCUT2D eigenvalue weighted by atomic mass is 9.99. The first-order valence-electron chi connectivity index (χ1n) is 10.3. The van der Waals surface area contributed by atoms with Gasteiger partial charge in [-0.25, -0.2) is 8.42 Å². The van der Waals surface area contributed by atoms with Gasteiger partial charge in [-0.2, -0.15) is 0 Å². The van der Waals surface area contributed by atoms with Gasteiger partial charge in [-0.3, -0.25) is 4.79 Å². The fraction of sp³-hybridized carbons (Fsp3) is 0.409. The zero-order chi connectivity index (χ0) is 21.0. The molecule has 7 nitrogen and oxygen atoms in total. The Hall–Kier alpha value is -2.58. The minimum absolute atomic E-state index is 0.00171. The Morgan fingerprint density at radius 2 is 2.07 bits per heavy atom. The molecular weight excluding hydrogens is 400 g/mol. The van der Waals surface area contributed by atoms with Crippen LogP contribution in [0, 0.1) is 5.92 Å². The fourth-order valence-corrected chi connectivity index (χ4v) is 5.65. The molecule has 0 radical (unpaired) electrons. The number of hydrogen-bond donors (Lipinski definition) is 2. The van der Waals surface area contributed by atoms with E-state index < -0.39 is 9.84 Å². The zero-order valence-electron chi connectivity index (χ0n) is 17.2. The summed E-state index contributed by atoms with van der Waals surface area (Å²) in [6, 6.07) is 5.95. The Morgan fingerprint density at radius 1 is 1.23 bits per heavy atom. The molecule has 2 N–H and O–H groups in total. The minimum atomic E-state index is -3.14. The van der Waals surface area contributed by atoms with Crippen LogP contribution in [-0.4, -0.2) is 43.9 Å². The second kappa shape index (κ2) is 6.99. The highest BCUT2D eigenvalue weighted by molar-refractivity contribution is 7.89. The summed E-state index contributed by atoms with van der Waals surface area (Å²) in [5.41, 5.74) is 5.47. The minimum Gasteiger partial charge on any atom is -0.366 e. The number of aromatic amines is 1. The number of H-pyrrole nitrogens is 1. The van der Waals surface area contributed by atoms with Gasteiger partial charge in [0.25, 0.3) is 5.56 Å². The molecule has 1 saturated heterocycles. The van der Waals surface area contributed by atoms with Crippen molar-refractivity contribution in [3.63, 3.8) is 0 Å². The van der Waals surface area contributed by atoms with Crippen LogP contribution in [0.25, 0.3) is 22.0 Å². The summed E-state index contributed by atoms with van der Waals surface area (Å²) in [6.45, 7) is 3.69. The van der Waals surface area contributed by atoms with Crippen molar-refractivity contribution < 1.29 is 8.42 Å². The lowest BCUT2D eigenvalue weighted by molar-refractivity contribution is 0.559. The smallest absolute Gasteiger partial charge is 0.274 e. The summed E-state index contributed by atoms with van der Waals surface area (Å²) in [4.78, 5) is 18.3. The molecule has 1 atom stereocenters. The first-order valence-corrected chi connectivity index (χ1v) is 12.3. The van der Waals surface area contributed by atoms with Crippen LogP contribution < -0.4 is 15.8 Å². The summed E-state index contributed by atoms with van der Waals surface area (Å²) in [7, 11) is -1.39. The number of nitrogens with one attached hydrogen (secondary N) is 2. The molecule has 0 spiro atoms. The molecule has 3 aromatic rings. The standard InChI is InChI=1S/C22H26N4O3S/c1-25-12-18-17-7-14(13-30(2,28)29)3-4-19(17)26(10-15-5-6-23-8-15)11-16-9-24-21(20(16)18)22(25)27/h3-4,7,9,12,15,23-24H,5-6,8,10-11,13H2,1-2H3. The van der Waals surface area contributed by atoms with Crippen LogP contribution in [0.4, 0.5) is 5.69 Å². The van der Waals surface area contributed by atoms with E-state index in [4.69, 9.17) is 0 Å². The third-order valence-electron chi connectivity index (χ3n) is 6.21. The molecule has 1 fully saturated rings. The fourth-order valence-electron chi connectivity index (χ4n) is 4.87. The molecule has 0 amide bonds. The highest BCUT2D eigenvalue weighted by Gasteiger charge is 2.27. The van der Waals surface area contributed by atoms with Gasteiger partial charge < -0.3 is 19.8 Å². The Labute approximate surface area is 175 Å². The molecule has 30 heavy (non-hydrogen) atoms. The largest absolute Gasteiger partial charge is 0.366 e. The summed E-state index contributed by atoms with van der Waals surface area (Å²) < 4.78 is 25.4. The molecule has 4 heterocycles. The highest BCUT2D eigenvalue weighted by atomic mass is 32.2. The van der Waals surface area contributed by atoms with Crippen LogP contribution in [0.2, 0.25) is 0 Å². The number of benzene rings is 1. The predicted octanol–water partition coefficient (Wildman–Crippen LogP) is 2.01. The maximum atomic E-state index is 12.7. The monoisotopic (exact) mass is 426 g/mol. The Bertz CT molecular complexity index is 1300.